The Morgan fingerprint density at radius 1 is 0.566 bits per heavy atom. The minimum absolute atomic E-state index is 0.215. The average molecular weight is 1020 g/mol. The van der Waals surface area contributed by atoms with Crippen LogP contribution in [0.2, 0.25) is 0 Å². The van der Waals surface area contributed by atoms with Crippen LogP contribution in [0.15, 0.2) is 200 Å². The van der Waals surface area contributed by atoms with Crippen LogP contribution in [-0.2, 0) is 26.9 Å². The number of hydrogen-bond acceptors (Lipinski definition) is 5. The molecule has 0 saturated heterocycles. The van der Waals surface area contributed by atoms with E-state index in [1.807, 2.05) is 59.1 Å². The molecule has 1 atom stereocenters. The van der Waals surface area contributed by atoms with Crippen LogP contribution in [0, 0.1) is 13.8 Å². The highest BCUT2D eigenvalue weighted by atomic mass is 32.1. The van der Waals surface area contributed by atoms with Gasteiger partial charge in [0.15, 0.2) is 24.0 Å². The van der Waals surface area contributed by atoms with E-state index >= 15 is 0 Å². The summed E-state index contributed by atoms with van der Waals surface area (Å²) in [5.74, 6) is 2.11. The van der Waals surface area contributed by atoms with Crippen molar-refractivity contribution in [1.29, 1.82) is 0 Å². The van der Waals surface area contributed by atoms with Gasteiger partial charge in [-0.15, -0.1) is 22.7 Å². The maximum absolute atomic E-state index is 5.28. The van der Waals surface area contributed by atoms with Gasteiger partial charge in [-0.1, -0.05) is 121 Å². The smallest absolute Gasteiger partial charge is 0.238 e. The number of thiophene rings is 2. The second-order valence-corrected chi connectivity index (χ2v) is 22.2. The van der Waals surface area contributed by atoms with E-state index in [0.29, 0.717) is 17.6 Å². The van der Waals surface area contributed by atoms with Gasteiger partial charge in [-0.25, -0.2) is 14.1 Å². The second kappa shape index (κ2) is 20.0. The molecule has 0 aliphatic heterocycles. The van der Waals surface area contributed by atoms with Crippen molar-refractivity contribution in [2.75, 3.05) is 0 Å². The van der Waals surface area contributed by atoms with E-state index in [1.165, 1.54) is 90.9 Å². The Morgan fingerprint density at radius 3 is 1.88 bits per heavy atom. The average Bonchev–Trinajstić information content (AvgIpc) is 4.15. The summed E-state index contributed by atoms with van der Waals surface area (Å²) in [7, 11) is 4.28. The predicted octanol–water partition coefficient (Wildman–Crippen LogP) is 14.0. The highest BCUT2D eigenvalue weighted by Crippen LogP contribution is 2.46. The zero-order valence-electron chi connectivity index (χ0n) is 43.1. The Morgan fingerprint density at radius 2 is 1.20 bits per heavy atom. The number of aromatic nitrogens is 6. The molecule has 1 unspecified atom stereocenters. The van der Waals surface area contributed by atoms with Gasteiger partial charge in [0.05, 0.1) is 11.2 Å². The van der Waals surface area contributed by atoms with Gasteiger partial charge in [-0.05, 0) is 138 Å². The molecule has 12 aromatic rings. The van der Waals surface area contributed by atoms with Gasteiger partial charge in [-0.2, -0.15) is 9.97 Å². The molecule has 8 heteroatoms. The monoisotopic (exact) mass is 1020 g/mol. The summed E-state index contributed by atoms with van der Waals surface area (Å²) >= 11 is 3.87. The molecule has 0 saturated carbocycles. The number of aryl methyl sites for hydroxylation is 4. The van der Waals surface area contributed by atoms with Crippen molar-refractivity contribution in [3.63, 3.8) is 0 Å². The van der Waals surface area contributed by atoms with Gasteiger partial charge in [0.25, 0.3) is 0 Å². The summed E-state index contributed by atoms with van der Waals surface area (Å²) < 4.78 is 9.40. The van der Waals surface area contributed by atoms with E-state index in [2.05, 4.69) is 218 Å². The number of hydrogen-bond donors (Lipinski definition) is 0. The number of nitrogens with zero attached hydrogens (tertiary/aromatic N) is 6. The summed E-state index contributed by atoms with van der Waals surface area (Å²) in [5.41, 5.74) is 17.1. The molecule has 0 spiro atoms. The van der Waals surface area contributed by atoms with E-state index in [9.17, 15) is 0 Å². The minimum Gasteiger partial charge on any atom is -0.278 e. The molecule has 0 N–H and O–H groups in total. The Kier molecular flexibility index (Phi) is 12.5. The third-order valence-corrected chi connectivity index (χ3v) is 17.9. The highest BCUT2D eigenvalue weighted by Gasteiger charge is 2.26. The lowest BCUT2D eigenvalue weighted by Crippen LogP contribution is -2.30. The third-order valence-electron chi connectivity index (χ3n) is 15.5. The number of benzene rings is 6. The van der Waals surface area contributed by atoms with Crippen LogP contribution in [0.4, 0.5) is 0 Å². The van der Waals surface area contributed by atoms with Crippen LogP contribution in [0.5, 0.6) is 0 Å². The molecule has 6 heterocycles. The first-order valence-corrected chi connectivity index (χ1v) is 27.9. The molecule has 0 bridgehead atoms. The molecular weight excluding hydrogens is 965 g/mol. The third kappa shape index (κ3) is 8.77. The molecule has 6 aromatic heterocycles. The largest absolute Gasteiger partial charge is 0.278 e. The molecule has 1 aliphatic rings. The summed E-state index contributed by atoms with van der Waals surface area (Å²) in [4.78, 5) is 18.3. The van der Waals surface area contributed by atoms with Crippen molar-refractivity contribution >= 4 is 55.1 Å². The fourth-order valence-electron chi connectivity index (χ4n) is 11.5. The number of fused-ring (bicyclic) bond motifs is 5. The van der Waals surface area contributed by atoms with Crippen LogP contribution >= 0.6 is 22.7 Å². The number of pyridine rings is 2. The Labute approximate surface area is 451 Å². The molecule has 0 radical (unpaired) electrons. The van der Waals surface area contributed by atoms with Crippen LogP contribution in [0.3, 0.4) is 0 Å². The first-order chi connectivity index (χ1) is 37.3. The normalized spacial score (nSPS) is 13.5. The predicted molar refractivity (Wildman–Crippen MR) is 314 cm³/mol. The van der Waals surface area contributed by atoms with Gasteiger partial charge in [0, 0.05) is 77.0 Å². The van der Waals surface area contributed by atoms with E-state index in [1.54, 1.807) is 0 Å². The van der Waals surface area contributed by atoms with Crippen LogP contribution in [0.1, 0.15) is 57.1 Å². The second-order valence-electron chi connectivity index (χ2n) is 20.0. The quantitative estimate of drug-likeness (QED) is 0.121. The molecule has 0 fully saturated rings. The lowest BCUT2D eigenvalue weighted by Gasteiger charge is -2.21. The maximum Gasteiger partial charge on any atom is 0.238 e. The van der Waals surface area contributed by atoms with E-state index in [-0.39, 0.29) is 5.92 Å². The van der Waals surface area contributed by atoms with Crippen LogP contribution in [0.25, 0.3) is 94.1 Å². The molecule has 6 aromatic carbocycles. The minimum atomic E-state index is 0.215. The first kappa shape index (κ1) is 47.3. The Bertz CT molecular complexity index is 4210. The molecule has 6 nitrogen and oxygen atoms in total. The van der Waals surface area contributed by atoms with E-state index < -0.39 is 0 Å². The fourth-order valence-corrected chi connectivity index (χ4v) is 14.0. The van der Waals surface area contributed by atoms with Crippen LogP contribution in [-0.4, -0.2) is 19.5 Å². The molecule has 1 aliphatic carbocycles. The lowest BCUT2D eigenvalue weighted by molar-refractivity contribution is -0.660. The molecule has 13 rings (SSSR count). The molecular formula is C68H56N6S2+2. The van der Waals surface area contributed by atoms with Crippen LogP contribution < -0.4 is 19.6 Å². The Balaban J connectivity index is 0.918. The molecule has 0 amide bonds. The van der Waals surface area contributed by atoms with Gasteiger partial charge < -0.3 is 0 Å². The summed E-state index contributed by atoms with van der Waals surface area (Å²) in [6.07, 6.45) is 12.8. The highest BCUT2D eigenvalue weighted by molar-refractivity contribution is 7.29. The van der Waals surface area contributed by atoms with Crippen molar-refractivity contribution in [3.05, 3.63) is 249 Å². The zero-order valence-corrected chi connectivity index (χ0v) is 44.7. The topological polar surface area (TPSA) is 51.4 Å². The van der Waals surface area contributed by atoms with Gasteiger partial charge in [0.2, 0.25) is 17.3 Å². The summed E-state index contributed by atoms with van der Waals surface area (Å²) in [6.45, 7) is 4.62. The fraction of sp³-hybridized carbons (Fsp3) is 0.132. The first-order valence-electron chi connectivity index (χ1n) is 26.3. The van der Waals surface area contributed by atoms with Crippen molar-refractivity contribution in [3.8, 4) is 61.7 Å². The van der Waals surface area contributed by atoms with E-state index in [0.717, 1.165) is 48.0 Å². The standard InChI is InChI=1S/C68H56N6S2/c1-44-46(26-17-29-53(44)58-32-13-15-38-72(58)3)34-36-56(52-28-19-30-54(45(52)2)59-33-14-16-39-73(59)4)63-43-65-64(76-63)42-62(75-65)51-35-37-60-57(40-51)55-31-18-27-47-20-11-12-25-50(47)41-61(55)74(60)68-70-66(48-21-7-5-8-22-48)69-67(71-68)49-23-9-6-10-24-49/h5-17,19-30,32-33,35,37-43,56H,18,31,34,36H2,1-4H3/q+2/b47-27-,50-41-. The zero-order chi connectivity index (χ0) is 51.3. The van der Waals surface area contributed by atoms with Gasteiger partial charge >= 0.3 is 0 Å². The summed E-state index contributed by atoms with van der Waals surface area (Å²) in [5, 5.41) is 3.65. The van der Waals surface area contributed by atoms with Gasteiger partial charge in [-0.3, -0.25) is 4.57 Å². The van der Waals surface area contributed by atoms with Crippen molar-refractivity contribution in [1.82, 2.24) is 19.5 Å². The summed E-state index contributed by atoms with van der Waals surface area (Å²) in [6, 6.07) is 67.9. The van der Waals surface area contributed by atoms with E-state index in [4.69, 9.17) is 15.0 Å². The van der Waals surface area contributed by atoms with Crippen molar-refractivity contribution in [2.45, 2.75) is 45.4 Å². The van der Waals surface area contributed by atoms with Crippen molar-refractivity contribution < 1.29 is 9.13 Å². The lowest BCUT2D eigenvalue weighted by atomic mass is 9.85. The van der Waals surface area contributed by atoms with Gasteiger partial charge in [0.1, 0.15) is 14.1 Å². The SMILES string of the molecule is Cc1c(CCC(c2cc3sc(-c4ccc5c(c4)c4c(n5-c5nc(-c6ccccc6)nc(-c6ccccc6)n5)/C=c5/cccc/c5=C/CC4)cc3s2)c2cccc(-c3cccc[n+]3C)c2C)cccc1-c1cccc[n+]1C. The molecule has 76 heavy (non-hydrogen) atoms. The maximum atomic E-state index is 5.28. The van der Waals surface area contributed by atoms with Crippen molar-refractivity contribution in [2.24, 2.45) is 14.1 Å². The Hall–Kier alpha value is -8.43. The number of rotatable bonds is 11. The molecule has 368 valence electrons.